The van der Waals surface area contributed by atoms with Crippen molar-refractivity contribution >= 4 is 28.4 Å². The van der Waals surface area contributed by atoms with Gasteiger partial charge >= 0.3 is 0 Å². The SMILES string of the molecule is Cc1ccc(CNc2ncc3c(Nc4ccc(F)cc4C)nccc3n2)cc1. The topological polar surface area (TPSA) is 62.7 Å². The van der Waals surface area contributed by atoms with Crippen LogP contribution in [0.15, 0.2) is 60.9 Å². The number of hydrogen-bond donors (Lipinski definition) is 2. The second-order valence-electron chi connectivity index (χ2n) is 6.71. The Bertz CT molecular complexity index is 1130. The number of pyridine rings is 1. The van der Waals surface area contributed by atoms with Crippen LogP contribution in [0, 0.1) is 19.7 Å². The fourth-order valence-electron chi connectivity index (χ4n) is 2.92. The van der Waals surface area contributed by atoms with Gasteiger partial charge in [-0.15, -0.1) is 0 Å². The predicted molar refractivity (Wildman–Crippen MR) is 110 cm³/mol. The first-order valence-electron chi connectivity index (χ1n) is 9.03. The molecular weight excluding hydrogens is 353 g/mol. The van der Waals surface area contributed by atoms with Gasteiger partial charge in [-0.1, -0.05) is 29.8 Å². The molecule has 2 N–H and O–H groups in total. The number of hydrogen-bond acceptors (Lipinski definition) is 5. The maximum absolute atomic E-state index is 13.3. The van der Waals surface area contributed by atoms with Crippen LogP contribution in [-0.4, -0.2) is 15.0 Å². The van der Waals surface area contributed by atoms with Crippen LogP contribution in [0.25, 0.3) is 10.9 Å². The minimum absolute atomic E-state index is 0.262. The molecule has 5 nitrogen and oxygen atoms in total. The van der Waals surface area contributed by atoms with Crippen molar-refractivity contribution < 1.29 is 4.39 Å². The molecule has 4 rings (SSSR count). The maximum Gasteiger partial charge on any atom is 0.223 e. The molecule has 0 unspecified atom stereocenters. The summed E-state index contributed by atoms with van der Waals surface area (Å²) < 4.78 is 13.3. The second kappa shape index (κ2) is 7.60. The van der Waals surface area contributed by atoms with E-state index in [0.29, 0.717) is 18.3 Å². The van der Waals surface area contributed by atoms with Crippen molar-refractivity contribution in [2.24, 2.45) is 0 Å². The highest BCUT2D eigenvalue weighted by molar-refractivity contribution is 5.90. The molecule has 0 atom stereocenters. The van der Waals surface area contributed by atoms with Gasteiger partial charge < -0.3 is 10.6 Å². The number of anilines is 3. The summed E-state index contributed by atoms with van der Waals surface area (Å²) in [6, 6.07) is 14.8. The van der Waals surface area contributed by atoms with Gasteiger partial charge in [-0.25, -0.2) is 19.3 Å². The summed E-state index contributed by atoms with van der Waals surface area (Å²) in [6.07, 6.45) is 3.44. The maximum atomic E-state index is 13.3. The summed E-state index contributed by atoms with van der Waals surface area (Å²) in [6.45, 7) is 4.56. The summed E-state index contributed by atoms with van der Waals surface area (Å²) in [5.74, 6) is 0.932. The molecule has 0 saturated heterocycles. The van der Waals surface area contributed by atoms with E-state index in [0.717, 1.165) is 27.7 Å². The van der Waals surface area contributed by atoms with Crippen LogP contribution >= 0.6 is 0 Å². The van der Waals surface area contributed by atoms with Gasteiger partial charge in [-0.3, -0.25) is 0 Å². The number of aryl methyl sites for hydroxylation is 2. The highest BCUT2D eigenvalue weighted by Gasteiger charge is 2.08. The van der Waals surface area contributed by atoms with Crippen LogP contribution in [0.4, 0.5) is 21.8 Å². The monoisotopic (exact) mass is 373 g/mol. The number of benzene rings is 2. The molecular formula is C22H20FN5. The van der Waals surface area contributed by atoms with Crippen molar-refractivity contribution in [3.8, 4) is 0 Å². The molecule has 0 saturated carbocycles. The Kier molecular flexibility index (Phi) is 4.85. The van der Waals surface area contributed by atoms with Crippen LogP contribution in [0.2, 0.25) is 0 Å². The number of nitrogens with one attached hydrogen (secondary N) is 2. The molecule has 2 heterocycles. The third kappa shape index (κ3) is 3.91. The van der Waals surface area contributed by atoms with E-state index in [9.17, 15) is 4.39 Å². The summed E-state index contributed by atoms with van der Waals surface area (Å²) >= 11 is 0. The molecule has 0 fully saturated rings. The van der Waals surface area contributed by atoms with Crippen molar-refractivity contribution in [3.05, 3.63) is 83.4 Å². The van der Waals surface area contributed by atoms with E-state index in [1.165, 1.54) is 17.7 Å². The third-order valence-corrected chi connectivity index (χ3v) is 4.52. The highest BCUT2D eigenvalue weighted by Crippen LogP contribution is 2.25. The van der Waals surface area contributed by atoms with Gasteiger partial charge in [-0.05, 0) is 49.2 Å². The van der Waals surface area contributed by atoms with E-state index in [1.54, 1.807) is 18.5 Å². The average molecular weight is 373 g/mol. The molecule has 0 amide bonds. The Hall–Kier alpha value is -3.54. The van der Waals surface area contributed by atoms with Gasteiger partial charge in [-0.2, -0.15) is 0 Å². The Morgan fingerprint density at radius 1 is 0.964 bits per heavy atom. The lowest BCUT2D eigenvalue weighted by molar-refractivity contribution is 0.627. The van der Waals surface area contributed by atoms with Crippen LogP contribution in [-0.2, 0) is 6.54 Å². The molecule has 0 aliphatic carbocycles. The lowest BCUT2D eigenvalue weighted by atomic mass is 10.1. The first-order valence-corrected chi connectivity index (χ1v) is 9.03. The zero-order chi connectivity index (χ0) is 19.5. The van der Waals surface area contributed by atoms with Crippen molar-refractivity contribution in [1.29, 1.82) is 0 Å². The number of nitrogens with zero attached hydrogens (tertiary/aromatic N) is 3. The first-order chi connectivity index (χ1) is 13.6. The van der Waals surface area contributed by atoms with Gasteiger partial charge in [0.2, 0.25) is 5.95 Å². The molecule has 0 aliphatic rings. The van der Waals surface area contributed by atoms with Crippen LogP contribution < -0.4 is 10.6 Å². The fourth-order valence-corrected chi connectivity index (χ4v) is 2.92. The van der Waals surface area contributed by atoms with E-state index in [-0.39, 0.29) is 5.82 Å². The van der Waals surface area contributed by atoms with E-state index in [4.69, 9.17) is 0 Å². The molecule has 0 aliphatic heterocycles. The van der Waals surface area contributed by atoms with Crippen LogP contribution in [0.5, 0.6) is 0 Å². The van der Waals surface area contributed by atoms with E-state index >= 15 is 0 Å². The number of rotatable bonds is 5. The van der Waals surface area contributed by atoms with Gasteiger partial charge in [0.05, 0.1) is 10.9 Å². The van der Waals surface area contributed by atoms with Gasteiger partial charge in [0.15, 0.2) is 0 Å². The minimum Gasteiger partial charge on any atom is -0.350 e. The normalized spacial score (nSPS) is 10.8. The Morgan fingerprint density at radius 3 is 2.57 bits per heavy atom. The van der Waals surface area contributed by atoms with Crippen molar-refractivity contribution in [3.63, 3.8) is 0 Å². The molecule has 6 heteroatoms. The lowest BCUT2D eigenvalue weighted by Crippen LogP contribution is -2.04. The number of aromatic nitrogens is 3. The second-order valence-corrected chi connectivity index (χ2v) is 6.71. The number of fused-ring (bicyclic) bond motifs is 1. The van der Waals surface area contributed by atoms with E-state index < -0.39 is 0 Å². The molecule has 4 aromatic rings. The van der Waals surface area contributed by atoms with Gasteiger partial charge in [0.25, 0.3) is 0 Å². The molecule has 2 aromatic heterocycles. The predicted octanol–water partition coefficient (Wildman–Crippen LogP) is 5.14. The van der Waals surface area contributed by atoms with Crippen molar-refractivity contribution in [2.75, 3.05) is 10.6 Å². The van der Waals surface area contributed by atoms with Crippen LogP contribution in [0.1, 0.15) is 16.7 Å². The average Bonchev–Trinajstić information content (AvgIpc) is 2.69. The van der Waals surface area contributed by atoms with Crippen molar-refractivity contribution in [2.45, 2.75) is 20.4 Å². The standard InChI is InChI=1S/C22H20FN5/c1-14-3-5-16(6-4-14)12-25-22-26-13-18-20(28-22)9-10-24-21(18)27-19-8-7-17(23)11-15(19)2/h3-11,13H,12H2,1-2H3,(H,24,27)(H,25,26,28). The molecule has 28 heavy (non-hydrogen) atoms. The lowest BCUT2D eigenvalue weighted by Gasteiger charge is -2.11. The molecule has 140 valence electrons. The zero-order valence-electron chi connectivity index (χ0n) is 15.7. The molecule has 0 radical (unpaired) electrons. The Morgan fingerprint density at radius 2 is 1.79 bits per heavy atom. The molecule has 2 aromatic carbocycles. The van der Waals surface area contributed by atoms with Gasteiger partial charge in [0.1, 0.15) is 11.6 Å². The van der Waals surface area contributed by atoms with E-state index in [2.05, 4.69) is 56.8 Å². The largest absolute Gasteiger partial charge is 0.350 e. The zero-order valence-corrected chi connectivity index (χ0v) is 15.7. The summed E-state index contributed by atoms with van der Waals surface area (Å²) in [7, 11) is 0. The van der Waals surface area contributed by atoms with E-state index in [1.807, 2.05) is 13.0 Å². The smallest absolute Gasteiger partial charge is 0.223 e. The first kappa shape index (κ1) is 17.9. The third-order valence-electron chi connectivity index (χ3n) is 4.52. The number of halogens is 1. The highest BCUT2D eigenvalue weighted by atomic mass is 19.1. The van der Waals surface area contributed by atoms with Crippen LogP contribution in [0.3, 0.4) is 0 Å². The summed E-state index contributed by atoms with van der Waals surface area (Å²) in [4.78, 5) is 13.4. The quantitative estimate of drug-likeness (QED) is 0.507. The summed E-state index contributed by atoms with van der Waals surface area (Å²) in [5, 5.41) is 7.30. The summed E-state index contributed by atoms with van der Waals surface area (Å²) in [5.41, 5.74) is 4.77. The molecule has 0 spiro atoms. The Labute approximate surface area is 162 Å². The van der Waals surface area contributed by atoms with Crippen molar-refractivity contribution in [1.82, 2.24) is 15.0 Å². The molecule has 0 bridgehead atoms. The fraction of sp³-hybridized carbons (Fsp3) is 0.136. The van der Waals surface area contributed by atoms with Gasteiger partial charge in [0, 0.05) is 24.6 Å². The Balaban J connectivity index is 1.56. The minimum atomic E-state index is -0.262.